The number of rotatable bonds is 4. The Bertz CT molecular complexity index is 536. The highest BCUT2D eigenvalue weighted by atomic mass is 79.9. The van der Waals surface area contributed by atoms with Gasteiger partial charge in [0.25, 0.3) is 0 Å². The van der Waals surface area contributed by atoms with Crippen LogP contribution in [0.1, 0.15) is 37.4 Å². The molecule has 1 aliphatic rings. The number of carbonyl (C=O) groups is 1. The number of alkyl halides is 1. The molecule has 0 bridgehead atoms. The van der Waals surface area contributed by atoms with Crippen LogP contribution in [0.25, 0.3) is 0 Å². The van der Waals surface area contributed by atoms with Crippen LogP contribution >= 0.6 is 27.3 Å². The molecule has 110 valence electrons. The zero-order valence-electron chi connectivity index (χ0n) is 11.6. The Morgan fingerprint density at radius 2 is 2.35 bits per heavy atom. The van der Waals surface area contributed by atoms with Gasteiger partial charge in [-0.25, -0.2) is 0 Å². The maximum Gasteiger partial charge on any atom is 0.327 e. The first-order chi connectivity index (χ1) is 9.34. The van der Waals surface area contributed by atoms with Gasteiger partial charge in [-0.2, -0.15) is 5.10 Å². The number of ether oxygens (including phenoxy) is 1. The van der Waals surface area contributed by atoms with Gasteiger partial charge in [-0.3, -0.25) is 9.80 Å². The second-order valence-electron chi connectivity index (χ2n) is 4.90. The van der Waals surface area contributed by atoms with E-state index in [2.05, 4.69) is 21.0 Å². The predicted molar refractivity (Wildman–Crippen MR) is 82.2 cm³/mol. The average molecular weight is 361 g/mol. The summed E-state index contributed by atoms with van der Waals surface area (Å²) in [4.78, 5) is 12.6. The summed E-state index contributed by atoms with van der Waals surface area (Å²) in [6, 6.07) is 1.86. The van der Waals surface area contributed by atoms with Crippen molar-refractivity contribution < 1.29 is 14.6 Å². The molecule has 7 heteroatoms. The second-order valence-corrected chi connectivity index (χ2v) is 7.80. The van der Waals surface area contributed by atoms with E-state index in [4.69, 9.17) is 4.74 Å². The van der Waals surface area contributed by atoms with Gasteiger partial charge in [0.1, 0.15) is 6.54 Å². The third kappa shape index (κ3) is 3.05. The molecule has 1 atom stereocenters. The van der Waals surface area contributed by atoms with E-state index in [0.29, 0.717) is 6.61 Å². The number of nitrogens with zero attached hydrogens (tertiary/aromatic N) is 2. The summed E-state index contributed by atoms with van der Waals surface area (Å²) in [7, 11) is 0. The van der Waals surface area contributed by atoms with Crippen LogP contribution in [0.5, 0.6) is 0 Å². The molecule has 1 unspecified atom stereocenters. The van der Waals surface area contributed by atoms with E-state index >= 15 is 0 Å². The van der Waals surface area contributed by atoms with Crippen molar-refractivity contribution in [2.75, 3.05) is 13.2 Å². The van der Waals surface area contributed by atoms with Crippen LogP contribution in [0.15, 0.2) is 16.5 Å². The summed E-state index contributed by atoms with van der Waals surface area (Å²) in [5.41, 5.74) is 1.58. The van der Waals surface area contributed by atoms with Gasteiger partial charge < -0.3 is 9.84 Å². The molecule has 5 nitrogen and oxygen atoms in total. The molecule has 2 heterocycles. The number of carbonyl (C=O) groups excluding carboxylic acids is 1. The number of hydrogen-bond donors (Lipinski definition) is 1. The third-order valence-corrected chi connectivity index (χ3v) is 4.17. The zero-order chi connectivity index (χ0) is 14.9. The number of fused-ring (bicyclic) bond motifs is 1. The highest BCUT2D eigenvalue weighted by molar-refractivity contribution is 9.10. The van der Waals surface area contributed by atoms with E-state index in [-0.39, 0.29) is 10.9 Å². The molecule has 1 aromatic heterocycles. The molecular formula is C13H17BrN2O3S. The smallest absolute Gasteiger partial charge is 0.327 e. The van der Waals surface area contributed by atoms with Crippen molar-refractivity contribution in [2.24, 2.45) is 5.10 Å². The van der Waals surface area contributed by atoms with Gasteiger partial charge in [-0.15, -0.1) is 11.3 Å². The molecule has 2 rings (SSSR count). The minimum atomic E-state index is -0.917. The summed E-state index contributed by atoms with van der Waals surface area (Å²) in [6.45, 7) is 5.95. The molecule has 0 saturated carbocycles. The quantitative estimate of drug-likeness (QED) is 0.661. The molecule has 1 N–H and O–H groups in total. The number of hydrogen-bond acceptors (Lipinski definition) is 6. The highest BCUT2D eigenvalue weighted by Crippen LogP contribution is 2.36. The lowest BCUT2D eigenvalue weighted by Crippen LogP contribution is -2.39. The topological polar surface area (TPSA) is 62.1 Å². The van der Waals surface area contributed by atoms with Gasteiger partial charge in [0.05, 0.1) is 21.5 Å². The maximum absolute atomic E-state index is 11.6. The van der Waals surface area contributed by atoms with E-state index in [0.717, 1.165) is 16.2 Å². The summed E-state index contributed by atoms with van der Waals surface area (Å²) in [6.07, 6.45) is -0.917. The van der Waals surface area contributed by atoms with Crippen LogP contribution in [0.3, 0.4) is 0 Å². The Labute approximate surface area is 130 Å². The Hall–Kier alpha value is -0.920. The van der Waals surface area contributed by atoms with Gasteiger partial charge >= 0.3 is 5.97 Å². The number of halogens is 1. The van der Waals surface area contributed by atoms with E-state index in [1.54, 1.807) is 6.92 Å². The van der Waals surface area contributed by atoms with E-state index in [9.17, 15) is 9.90 Å². The van der Waals surface area contributed by atoms with E-state index in [1.807, 2.05) is 25.3 Å². The van der Waals surface area contributed by atoms with Gasteiger partial charge in [-0.1, -0.05) is 15.9 Å². The van der Waals surface area contributed by atoms with Crippen LogP contribution in [0.2, 0.25) is 0 Å². The molecule has 0 aromatic carbocycles. The van der Waals surface area contributed by atoms with Gasteiger partial charge in [-0.05, 0) is 32.2 Å². The Balaban J connectivity index is 2.33. The van der Waals surface area contributed by atoms with Crippen LogP contribution in [-0.4, -0.2) is 39.3 Å². The molecule has 0 fully saturated rings. The van der Waals surface area contributed by atoms with Crippen molar-refractivity contribution in [3.8, 4) is 0 Å². The van der Waals surface area contributed by atoms with Crippen molar-refractivity contribution in [2.45, 2.75) is 31.3 Å². The predicted octanol–water partition coefficient (Wildman–Crippen LogP) is 2.50. The fourth-order valence-corrected chi connectivity index (χ4v) is 3.43. The monoisotopic (exact) mass is 360 g/mol. The molecule has 0 spiro atoms. The number of hydrazone groups is 1. The molecule has 0 radical (unpaired) electrons. The number of thiophene rings is 1. The standard InChI is InChI=1S/C13H17BrN2O3S/c1-4-19-9(17)7-16-12(18)8-5-6-20-10(8)11(15-16)13(2,3)14/h5-6,12,18H,4,7H2,1-3H3. The van der Waals surface area contributed by atoms with Crippen molar-refractivity contribution in [3.63, 3.8) is 0 Å². The number of aliphatic hydroxyl groups is 1. The molecular weight excluding hydrogens is 344 g/mol. The Kier molecular flexibility index (Phi) is 4.51. The molecule has 1 aliphatic heterocycles. The van der Waals surface area contributed by atoms with Gasteiger partial charge in [0.2, 0.25) is 0 Å². The van der Waals surface area contributed by atoms with Crippen molar-refractivity contribution in [3.05, 3.63) is 21.9 Å². The Morgan fingerprint density at radius 1 is 1.65 bits per heavy atom. The lowest BCUT2D eigenvalue weighted by molar-refractivity contribution is -0.147. The molecule has 0 saturated heterocycles. The molecule has 20 heavy (non-hydrogen) atoms. The first-order valence-electron chi connectivity index (χ1n) is 6.30. The fourth-order valence-electron chi connectivity index (χ4n) is 1.95. The average Bonchev–Trinajstić information content (AvgIpc) is 2.80. The maximum atomic E-state index is 11.6. The lowest BCUT2D eigenvalue weighted by Gasteiger charge is -2.33. The zero-order valence-corrected chi connectivity index (χ0v) is 14.0. The van der Waals surface area contributed by atoms with Crippen LogP contribution in [0.4, 0.5) is 0 Å². The number of aliphatic hydroxyl groups excluding tert-OH is 1. The van der Waals surface area contributed by atoms with E-state index in [1.165, 1.54) is 16.3 Å². The molecule has 0 amide bonds. The van der Waals surface area contributed by atoms with Gasteiger partial charge in [0.15, 0.2) is 6.23 Å². The van der Waals surface area contributed by atoms with E-state index < -0.39 is 12.2 Å². The van der Waals surface area contributed by atoms with Crippen LogP contribution < -0.4 is 0 Å². The SMILES string of the molecule is CCOC(=O)CN1N=C(C(C)(C)Br)c2sccc2C1O. The van der Waals surface area contributed by atoms with Crippen molar-refractivity contribution >= 4 is 38.9 Å². The molecule has 1 aromatic rings. The summed E-state index contributed by atoms with van der Waals surface area (Å²) >= 11 is 5.12. The minimum Gasteiger partial charge on any atom is -0.465 e. The summed E-state index contributed by atoms with van der Waals surface area (Å²) in [5.74, 6) is -0.402. The van der Waals surface area contributed by atoms with Gasteiger partial charge in [0, 0.05) is 5.56 Å². The molecule has 0 aliphatic carbocycles. The van der Waals surface area contributed by atoms with Crippen LogP contribution in [-0.2, 0) is 9.53 Å². The third-order valence-electron chi connectivity index (χ3n) is 2.86. The summed E-state index contributed by atoms with van der Waals surface area (Å²) in [5, 5.41) is 18.0. The fraction of sp³-hybridized carbons (Fsp3) is 0.538. The largest absolute Gasteiger partial charge is 0.465 e. The highest BCUT2D eigenvalue weighted by Gasteiger charge is 2.35. The minimum absolute atomic E-state index is 0.0725. The van der Waals surface area contributed by atoms with Crippen molar-refractivity contribution in [1.82, 2.24) is 5.01 Å². The van der Waals surface area contributed by atoms with Crippen molar-refractivity contribution in [1.29, 1.82) is 0 Å². The first kappa shape index (κ1) is 15.5. The normalized spacial score (nSPS) is 18.6. The first-order valence-corrected chi connectivity index (χ1v) is 7.98. The number of esters is 1. The second kappa shape index (κ2) is 5.83. The lowest BCUT2D eigenvalue weighted by atomic mass is 10.0. The Morgan fingerprint density at radius 3 is 2.95 bits per heavy atom. The summed E-state index contributed by atoms with van der Waals surface area (Å²) < 4.78 is 4.57. The van der Waals surface area contributed by atoms with Crippen LogP contribution in [0, 0.1) is 0 Å².